The first-order valence-electron chi connectivity index (χ1n) is 6.45. The van der Waals surface area contributed by atoms with Crippen LogP contribution in [0.5, 0.6) is 0 Å². The smallest absolute Gasteiger partial charge is 0.268 e. The van der Waals surface area contributed by atoms with Gasteiger partial charge < -0.3 is 0 Å². The van der Waals surface area contributed by atoms with Gasteiger partial charge in [0, 0.05) is 6.08 Å². The molecule has 0 aliphatic carbocycles. The maximum Gasteiger partial charge on any atom is 0.271 e. The van der Waals surface area contributed by atoms with Gasteiger partial charge in [-0.3, -0.25) is 20.4 Å². The molecule has 0 aromatic heterocycles. The number of carbonyl (C=O) groups excluding carboxylic acids is 2. The molecule has 7 heteroatoms. The van der Waals surface area contributed by atoms with Gasteiger partial charge in [0.15, 0.2) is 0 Å². The molecule has 23 heavy (non-hydrogen) atoms. The van der Waals surface area contributed by atoms with E-state index in [1.165, 1.54) is 36.4 Å². The molecular formula is C16H11Cl2FN2O2. The van der Waals surface area contributed by atoms with Crippen LogP contribution in [-0.4, -0.2) is 11.8 Å². The Balaban J connectivity index is 1.92. The van der Waals surface area contributed by atoms with Crippen LogP contribution < -0.4 is 10.9 Å². The van der Waals surface area contributed by atoms with Crippen molar-refractivity contribution < 1.29 is 14.0 Å². The Hall–Kier alpha value is -2.37. The van der Waals surface area contributed by atoms with Crippen LogP contribution in [0.2, 0.25) is 10.0 Å². The highest BCUT2D eigenvalue weighted by Crippen LogP contribution is 2.17. The molecule has 2 aromatic rings. The van der Waals surface area contributed by atoms with E-state index in [-0.39, 0.29) is 15.6 Å². The number of nitrogens with one attached hydrogen (secondary N) is 2. The standard InChI is InChI=1S/C16H11Cl2FN2O2/c17-12-4-2-1-3-11(12)16(23)21-20-15(22)8-6-10-5-7-14(19)13(18)9-10/h1-9H,(H,20,22)(H,21,23)/b8-6+. The van der Waals surface area contributed by atoms with Crippen LogP contribution in [0.15, 0.2) is 48.5 Å². The summed E-state index contributed by atoms with van der Waals surface area (Å²) in [6.07, 6.45) is 2.61. The number of benzene rings is 2. The molecule has 0 spiro atoms. The van der Waals surface area contributed by atoms with Gasteiger partial charge in [-0.2, -0.15) is 0 Å². The molecule has 0 radical (unpaired) electrons. The van der Waals surface area contributed by atoms with Gasteiger partial charge in [0.1, 0.15) is 5.82 Å². The van der Waals surface area contributed by atoms with Crippen LogP contribution in [0, 0.1) is 5.82 Å². The fourth-order valence-corrected chi connectivity index (χ4v) is 2.07. The average Bonchev–Trinajstić information content (AvgIpc) is 2.54. The molecule has 2 rings (SSSR count). The van der Waals surface area contributed by atoms with Crippen molar-refractivity contribution in [1.82, 2.24) is 10.9 Å². The van der Waals surface area contributed by atoms with Gasteiger partial charge in [-0.15, -0.1) is 0 Å². The third-order valence-electron chi connectivity index (χ3n) is 2.79. The van der Waals surface area contributed by atoms with Gasteiger partial charge in [-0.25, -0.2) is 4.39 Å². The first kappa shape index (κ1) is 17.0. The lowest BCUT2D eigenvalue weighted by Gasteiger charge is -2.06. The normalized spacial score (nSPS) is 10.6. The van der Waals surface area contributed by atoms with E-state index in [0.29, 0.717) is 5.56 Å². The Labute approximate surface area is 141 Å². The van der Waals surface area contributed by atoms with Crippen molar-refractivity contribution in [3.05, 3.63) is 75.5 Å². The van der Waals surface area contributed by atoms with Gasteiger partial charge in [-0.05, 0) is 35.9 Å². The van der Waals surface area contributed by atoms with E-state index in [0.717, 1.165) is 0 Å². The second-order valence-electron chi connectivity index (χ2n) is 4.43. The number of halogens is 3. The van der Waals surface area contributed by atoms with Crippen LogP contribution in [-0.2, 0) is 4.79 Å². The van der Waals surface area contributed by atoms with E-state index in [2.05, 4.69) is 10.9 Å². The van der Waals surface area contributed by atoms with Crippen molar-refractivity contribution in [3.8, 4) is 0 Å². The second-order valence-corrected chi connectivity index (χ2v) is 5.24. The number of hydrazine groups is 1. The van der Waals surface area contributed by atoms with E-state index < -0.39 is 17.6 Å². The highest BCUT2D eigenvalue weighted by molar-refractivity contribution is 6.33. The molecule has 118 valence electrons. The molecule has 0 unspecified atom stereocenters. The van der Waals surface area contributed by atoms with Crippen molar-refractivity contribution >= 4 is 41.1 Å². The Morgan fingerprint density at radius 1 is 1.00 bits per heavy atom. The first-order valence-corrected chi connectivity index (χ1v) is 7.21. The minimum atomic E-state index is -0.564. The van der Waals surface area contributed by atoms with Gasteiger partial charge in [0.05, 0.1) is 15.6 Å². The average molecular weight is 353 g/mol. The minimum Gasteiger partial charge on any atom is -0.268 e. The molecule has 0 fully saturated rings. The summed E-state index contributed by atoms with van der Waals surface area (Å²) in [5.41, 5.74) is 5.23. The summed E-state index contributed by atoms with van der Waals surface area (Å²) < 4.78 is 13.0. The molecule has 0 heterocycles. The minimum absolute atomic E-state index is 0.0421. The third-order valence-corrected chi connectivity index (χ3v) is 3.41. The molecular weight excluding hydrogens is 342 g/mol. The van der Waals surface area contributed by atoms with Crippen molar-refractivity contribution in [2.24, 2.45) is 0 Å². The molecule has 0 saturated heterocycles. The summed E-state index contributed by atoms with van der Waals surface area (Å²) in [5.74, 6) is -1.65. The van der Waals surface area contributed by atoms with Crippen LogP contribution in [0.25, 0.3) is 6.08 Å². The Morgan fingerprint density at radius 3 is 2.43 bits per heavy atom. The molecule has 0 atom stereocenters. The molecule has 0 bridgehead atoms. The number of carbonyl (C=O) groups is 2. The SMILES string of the molecule is O=C(/C=C/c1ccc(F)c(Cl)c1)NNC(=O)c1ccccc1Cl. The number of rotatable bonds is 3. The highest BCUT2D eigenvalue weighted by atomic mass is 35.5. The Morgan fingerprint density at radius 2 is 1.74 bits per heavy atom. The summed E-state index contributed by atoms with van der Waals surface area (Å²) in [4.78, 5) is 23.5. The Bertz CT molecular complexity index is 778. The zero-order valence-corrected chi connectivity index (χ0v) is 13.2. The van der Waals surface area contributed by atoms with Crippen molar-refractivity contribution in [1.29, 1.82) is 0 Å². The lowest BCUT2D eigenvalue weighted by Crippen LogP contribution is -2.40. The van der Waals surface area contributed by atoms with Crippen LogP contribution in [0.4, 0.5) is 4.39 Å². The highest BCUT2D eigenvalue weighted by Gasteiger charge is 2.09. The molecule has 0 aliphatic rings. The predicted octanol–water partition coefficient (Wildman–Crippen LogP) is 3.61. The van der Waals surface area contributed by atoms with Gasteiger partial charge in [0.2, 0.25) is 0 Å². The van der Waals surface area contributed by atoms with E-state index in [1.54, 1.807) is 18.2 Å². The quantitative estimate of drug-likeness (QED) is 0.654. The summed E-state index contributed by atoms with van der Waals surface area (Å²) in [5, 5.41) is 0.232. The largest absolute Gasteiger partial charge is 0.271 e. The molecule has 0 aliphatic heterocycles. The lowest BCUT2D eigenvalue weighted by atomic mass is 10.2. The maximum absolute atomic E-state index is 13.0. The number of hydrogen-bond acceptors (Lipinski definition) is 2. The third kappa shape index (κ3) is 4.81. The zero-order chi connectivity index (χ0) is 16.8. The molecule has 4 nitrogen and oxygen atoms in total. The van der Waals surface area contributed by atoms with Crippen LogP contribution in [0.1, 0.15) is 15.9 Å². The molecule has 2 amide bonds. The van der Waals surface area contributed by atoms with Gasteiger partial charge in [-0.1, -0.05) is 41.4 Å². The lowest BCUT2D eigenvalue weighted by molar-refractivity contribution is -0.117. The van der Waals surface area contributed by atoms with E-state index >= 15 is 0 Å². The second kappa shape index (κ2) is 7.76. The van der Waals surface area contributed by atoms with E-state index in [9.17, 15) is 14.0 Å². The summed E-state index contributed by atoms with van der Waals surface area (Å²) in [7, 11) is 0. The van der Waals surface area contributed by atoms with E-state index in [1.807, 2.05) is 0 Å². The zero-order valence-electron chi connectivity index (χ0n) is 11.6. The van der Waals surface area contributed by atoms with E-state index in [4.69, 9.17) is 23.2 Å². The Kier molecular flexibility index (Phi) is 5.73. The van der Waals surface area contributed by atoms with Crippen molar-refractivity contribution in [3.63, 3.8) is 0 Å². The maximum atomic E-state index is 13.0. The molecule has 2 N–H and O–H groups in total. The molecule has 2 aromatic carbocycles. The fourth-order valence-electron chi connectivity index (χ4n) is 1.66. The van der Waals surface area contributed by atoms with Crippen LogP contribution >= 0.6 is 23.2 Å². The topological polar surface area (TPSA) is 58.2 Å². The fraction of sp³-hybridized carbons (Fsp3) is 0. The predicted molar refractivity (Wildman–Crippen MR) is 87.5 cm³/mol. The summed E-state index contributed by atoms with van der Waals surface area (Å²) in [6, 6.07) is 10.5. The van der Waals surface area contributed by atoms with Gasteiger partial charge in [0.25, 0.3) is 11.8 Å². The van der Waals surface area contributed by atoms with Gasteiger partial charge >= 0.3 is 0 Å². The number of hydrogen-bond donors (Lipinski definition) is 2. The number of amides is 2. The van der Waals surface area contributed by atoms with Crippen molar-refractivity contribution in [2.75, 3.05) is 0 Å². The van der Waals surface area contributed by atoms with Crippen molar-refractivity contribution in [2.45, 2.75) is 0 Å². The first-order chi connectivity index (χ1) is 11.0. The summed E-state index contributed by atoms with van der Waals surface area (Å²) >= 11 is 11.5. The van der Waals surface area contributed by atoms with Crippen LogP contribution in [0.3, 0.4) is 0 Å². The monoisotopic (exact) mass is 352 g/mol. The molecule has 0 saturated carbocycles. The summed E-state index contributed by atoms with van der Waals surface area (Å²) in [6.45, 7) is 0.